The van der Waals surface area contributed by atoms with Gasteiger partial charge in [-0.25, -0.2) is 0 Å². The van der Waals surface area contributed by atoms with E-state index in [-0.39, 0.29) is 28.0 Å². The van der Waals surface area contributed by atoms with Crippen LogP contribution in [0.25, 0.3) is 22.1 Å². The van der Waals surface area contributed by atoms with Gasteiger partial charge >= 0.3 is 0 Å². The van der Waals surface area contributed by atoms with E-state index in [4.69, 9.17) is 4.42 Å². The molecule has 0 aliphatic heterocycles. The third kappa shape index (κ3) is 2.56. The molecule has 0 saturated carbocycles. The molecule has 23 heavy (non-hydrogen) atoms. The van der Waals surface area contributed by atoms with E-state index in [9.17, 15) is 9.59 Å². The molecule has 0 atom stereocenters. The summed E-state index contributed by atoms with van der Waals surface area (Å²) in [6.07, 6.45) is 1.83. The van der Waals surface area contributed by atoms with Gasteiger partial charge in [0.15, 0.2) is 5.39 Å². The van der Waals surface area contributed by atoms with Crippen LogP contribution in [0, 0.1) is 0 Å². The van der Waals surface area contributed by atoms with Crippen LogP contribution in [-0.2, 0) is 6.54 Å². The third-order valence-corrected chi connectivity index (χ3v) is 3.98. The summed E-state index contributed by atoms with van der Waals surface area (Å²) in [6, 6.07) is 6.95. The first kappa shape index (κ1) is 15.5. The molecule has 0 saturated heterocycles. The molecule has 2 heterocycles. The smallest absolute Gasteiger partial charge is 0.268 e. The Hall–Kier alpha value is -2.43. The lowest BCUT2D eigenvalue weighted by Gasteiger charge is -2.15. The third-order valence-electron chi connectivity index (χ3n) is 3.98. The molecule has 0 aliphatic carbocycles. The fourth-order valence-electron chi connectivity index (χ4n) is 2.77. The first-order chi connectivity index (χ1) is 11.0. The number of aromatic nitrogens is 2. The Labute approximate surface area is 133 Å². The zero-order valence-corrected chi connectivity index (χ0v) is 13.6. The van der Waals surface area contributed by atoms with E-state index in [1.54, 1.807) is 28.8 Å². The zero-order chi connectivity index (χ0) is 16.6. The van der Waals surface area contributed by atoms with Crippen molar-refractivity contribution in [3.05, 3.63) is 50.7 Å². The van der Waals surface area contributed by atoms with Crippen LogP contribution in [0.15, 0.2) is 38.3 Å². The number of hydrogen-bond donors (Lipinski definition) is 0. The highest BCUT2D eigenvalue weighted by atomic mass is 16.3. The van der Waals surface area contributed by atoms with Gasteiger partial charge in [-0.15, -0.1) is 0 Å². The van der Waals surface area contributed by atoms with E-state index in [1.165, 1.54) is 0 Å². The van der Waals surface area contributed by atoms with Crippen molar-refractivity contribution in [2.75, 3.05) is 0 Å². The van der Waals surface area contributed by atoms with Crippen LogP contribution in [0.5, 0.6) is 0 Å². The summed E-state index contributed by atoms with van der Waals surface area (Å²) in [5, 5.41) is 0.461. The predicted octanol–water partition coefficient (Wildman–Crippen LogP) is 3.43. The van der Waals surface area contributed by atoms with E-state index in [0.29, 0.717) is 23.3 Å². The summed E-state index contributed by atoms with van der Waals surface area (Å²) in [4.78, 5) is 30.1. The highest BCUT2D eigenvalue weighted by molar-refractivity contribution is 5.87. The predicted molar refractivity (Wildman–Crippen MR) is 91.0 cm³/mol. The lowest BCUT2D eigenvalue weighted by Crippen LogP contribution is -2.29. The summed E-state index contributed by atoms with van der Waals surface area (Å²) < 4.78 is 7.36. The van der Waals surface area contributed by atoms with Crippen LogP contribution in [0.2, 0.25) is 0 Å². The minimum absolute atomic E-state index is 0.0456. The normalized spacial score (nSPS) is 11.7. The number of para-hydroxylation sites is 1. The summed E-state index contributed by atoms with van der Waals surface area (Å²) in [5.41, 5.74) is -0.0142. The molecule has 120 valence electrons. The van der Waals surface area contributed by atoms with Gasteiger partial charge in [0, 0.05) is 12.5 Å². The number of unbranched alkanes of at least 4 members (excludes halogenated alkanes) is 1. The number of nitrogens with zero attached hydrogens (tertiary/aromatic N) is 2. The van der Waals surface area contributed by atoms with E-state index in [0.717, 1.165) is 12.8 Å². The average molecular weight is 312 g/mol. The monoisotopic (exact) mass is 312 g/mol. The molecule has 0 N–H and O–H groups in total. The molecule has 1 aromatic carbocycles. The van der Waals surface area contributed by atoms with Gasteiger partial charge in [-0.05, 0) is 18.6 Å². The Morgan fingerprint density at radius 2 is 1.96 bits per heavy atom. The van der Waals surface area contributed by atoms with Crippen LogP contribution < -0.4 is 11.0 Å². The Morgan fingerprint density at radius 3 is 2.65 bits per heavy atom. The minimum atomic E-state index is -0.306. The molecule has 0 unspecified atom stereocenters. The average Bonchev–Trinajstić information content (AvgIpc) is 2.53. The van der Waals surface area contributed by atoms with Crippen LogP contribution >= 0.6 is 0 Å². The fourth-order valence-corrected chi connectivity index (χ4v) is 2.77. The highest BCUT2D eigenvalue weighted by Gasteiger charge is 2.18. The van der Waals surface area contributed by atoms with Gasteiger partial charge in [0.2, 0.25) is 11.1 Å². The maximum absolute atomic E-state index is 12.9. The number of benzene rings is 1. The quantitative estimate of drug-likeness (QED) is 0.692. The van der Waals surface area contributed by atoms with E-state index < -0.39 is 0 Å². The molecular weight excluding hydrogens is 292 g/mol. The fraction of sp³-hybridized carbons (Fsp3) is 0.389. The molecule has 3 rings (SSSR count). The van der Waals surface area contributed by atoms with Crippen molar-refractivity contribution in [2.24, 2.45) is 0 Å². The van der Waals surface area contributed by atoms with E-state index in [1.807, 2.05) is 13.8 Å². The van der Waals surface area contributed by atoms with Crippen LogP contribution in [0.4, 0.5) is 0 Å². The first-order valence-corrected chi connectivity index (χ1v) is 8.00. The molecule has 0 fully saturated rings. The van der Waals surface area contributed by atoms with Crippen molar-refractivity contribution in [2.45, 2.75) is 46.1 Å². The van der Waals surface area contributed by atoms with Gasteiger partial charge in [0.05, 0.1) is 5.39 Å². The van der Waals surface area contributed by atoms with Gasteiger partial charge in [-0.3, -0.25) is 14.2 Å². The lowest BCUT2D eigenvalue weighted by atomic mass is 10.1. The Kier molecular flexibility index (Phi) is 4.03. The minimum Gasteiger partial charge on any atom is -0.437 e. The van der Waals surface area contributed by atoms with E-state index >= 15 is 0 Å². The topological polar surface area (TPSA) is 65.1 Å². The van der Waals surface area contributed by atoms with E-state index in [2.05, 4.69) is 11.9 Å². The number of fused-ring (bicyclic) bond motifs is 2. The number of hydrogen-bond acceptors (Lipinski definition) is 4. The lowest BCUT2D eigenvalue weighted by molar-refractivity contribution is 0.544. The van der Waals surface area contributed by atoms with Crippen LogP contribution in [0.3, 0.4) is 0 Å². The molecule has 0 aliphatic rings. The van der Waals surface area contributed by atoms with Gasteiger partial charge in [0.1, 0.15) is 11.4 Å². The second-order valence-electron chi connectivity index (χ2n) is 6.04. The summed E-state index contributed by atoms with van der Waals surface area (Å²) in [5.74, 6) is 0.732. The second-order valence-corrected chi connectivity index (χ2v) is 6.04. The van der Waals surface area contributed by atoms with Gasteiger partial charge in [0.25, 0.3) is 5.56 Å². The number of rotatable bonds is 4. The van der Waals surface area contributed by atoms with Gasteiger partial charge in [-0.2, -0.15) is 4.98 Å². The SMILES string of the molecule is CCCCn1c(C(C)C)nc2oc3ccccc3c(=O)c2c1=O. The van der Waals surface area contributed by atoms with Gasteiger partial charge < -0.3 is 4.42 Å². The molecule has 0 radical (unpaired) electrons. The molecule has 0 spiro atoms. The zero-order valence-electron chi connectivity index (χ0n) is 13.6. The van der Waals surface area contributed by atoms with Crippen molar-refractivity contribution in [1.29, 1.82) is 0 Å². The Balaban J connectivity index is 2.44. The summed E-state index contributed by atoms with van der Waals surface area (Å²) in [7, 11) is 0. The molecule has 0 amide bonds. The summed E-state index contributed by atoms with van der Waals surface area (Å²) >= 11 is 0. The Morgan fingerprint density at radius 1 is 1.22 bits per heavy atom. The van der Waals surface area contributed by atoms with Crippen molar-refractivity contribution in [3.8, 4) is 0 Å². The largest absolute Gasteiger partial charge is 0.437 e. The standard InChI is InChI=1S/C18H20N2O3/c1-4-5-10-20-16(11(2)3)19-17-14(18(20)22)15(21)12-8-6-7-9-13(12)23-17/h6-9,11H,4-5,10H2,1-3H3. The molecule has 0 bridgehead atoms. The van der Waals surface area contributed by atoms with Crippen LogP contribution in [-0.4, -0.2) is 9.55 Å². The maximum atomic E-state index is 12.9. The second kappa shape index (κ2) is 5.99. The maximum Gasteiger partial charge on any atom is 0.268 e. The molecular formula is C18H20N2O3. The first-order valence-electron chi connectivity index (χ1n) is 8.00. The molecule has 5 heteroatoms. The van der Waals surface area contributed by atoms with Crippen molar-refractivity contribution in [1.82, 2.24) is 9.55 Å². The summed E-state index contributed by atoms with van der Waals surface area (Å²) in [6.45, 7) is 6.60. The molecule has 5 nitrogen and oxygen atoms in total. The molecule has 2 aromatic heterocycles. The van der Waals surface area contributed by atoms with Crippen LogP contribution in [0.1, 0.15) is 45.4 Å². The van der Waals surface area contributed by atoms with Crippen molar-refractivity contribution < 1.29 is 4.42 Å². The van der Waals surface area contributed by atoms with Gasteiger partial charge in [-0.1, -0.05) is 39.3 Å². The molecule has 3 aromatic rings. The van der Waals surface area contributed by atoms with Crippen molar-refractivity contribution in [3.63, 3.8) is 0 Å². The highest BCUT2D eigenvalue weighted by Crippen LogP contribution is 2.18. The Bertz CT molecular complexity index is 983. The van der Waals surface area contributed by atoms with Crippen molar-refractivity contribution >= 4 is 22.1 Å².